The van der Waals surface area contributed by atoms with Crippen molar-refractivity contribution in [1.29, 1.82) is 5.26 Å². The zero-order valence-corrected chi connectivity index (χ0v) is 16.9. The molecule has 0 unspecified atom stereocenters. The van der Waals surface area contributed by atoms with Gasteiger partial charge in [0.1, 0.15) is 18.2 Å². The van der Waals surface area contributed by atoms with Crippen molar-refractivity contribution in [1.82, 2.24) is 15.0 Å². The number of thiazole rings is 1. The fourth-order valence-electron chi connectivity index (χ4n) is 2.52. The monoisotopic (exact) mass is 411 g/mol. The summed E-state index contributed by atoms with van der Waals surface area (Å²) >= 11 is 1.31. The summed E-state index contributed by atoms with van der Waals surface area (Å²) < 4.78 is 5.10. The van der Waals surface area contributed by atoms with Crippen LogP contribution in [0.4, 0.5) is 5.13 Å². The summed E-state index contributed by atoms with van der Waals surface area (Å²) in [5.41, 5.74) is 1.47. The molecule has 2 heterocycles. The summed E-state index contributed by atoms with van der Waals surface area (Å²) in [7, 11) is 0. The maximum atomic E-state index is 12.2. The molecule has 0 bridgehead atoms. The van der Waals surface area contributed by atoms with Crippen LogP contribution in [0.15, 0.2) is 35.4 Å². The highest BCUT2D eigenvalue weighted by Crippen LogP contribution is 2.20. The molecule has 1 aromatic carbocycles. The van der Waals surface area contributed by atoms with E-state index in [4.69, 9.17) is 4.74 Å². The van der Waals surface area contributed by atoms with E-state index in [2.05, 4.69) is 34.1 Å². The van der Waals surface area contributed by atoms with Crippen LogP contribution in [-0.2, 0) is 4.74 Å². The third-order valence-corrected chi connectivity index (χ3v) is 4.88. The summed E-state index contributed by atoms with van der Waals surface area (Å²) in [6, 6.07) is 9.16. The number of nitrogens with zero attached hydrogens (tertiary/aromatic N) is 3. The number of nitrogens with one attached hydrogen (secondary N) is 2. The van der Waals surface area contributed by atoms with Gasteiger partial charge in [0, 0.05) is 11.9 Å². The van der Waals surface area contributed by atoms with E-state index in [0.717, 1.165) is 18.5 Å². The van der Waals surface area contributed by atoms with Gasteiger partial charge in [0.05, 0.1) is 11.0 Å². The number of allylic oxidation sites excluding steroid dienone is 1. The van der Waals surface area contributed by atoms with E-state index in [9.17, 15) is 15.2 Å². The Labute approximate surface area is 171 Å². The Morgan fingerprint density at radius 1 is 1.38 bits per heavy atom. The van der Waals surface area contributed by atoms with Crippen molar-refractivity contribution in [3.8, 4) is 6.07 Å². The van der Waals surface area contributed by atoms with Crippen LogP contribution in [0.3, 0.4) is 0 Å². The topological polar surface area (TPSA) is 124 Å². The lowest BCUT2D eigenvalue weighted by Crippen LogP contribution is -2.10. The van der Waals surface area contributed by atoms with E-state index in [1.165, 1.54) is 11.3 Å². The number of hydrogen-bond acceptors (Lipinski definition) is 8. The number of aromatic amines is 1. The first kappa shape index (κ1) is 20.4. The first-order chi connectivity index (χ1) is 14.0. The van der Waals surface area contributed by atoms with E-state index < -0.39 is 12.6 Å². The second-order valence-electron chi connectivity index (χ2n) is 6.76. The van der Waals surface area contributed by atoms with Gasteiger partial charge in [-0.2, -0.15) is 5.26 Å². The number of H-pyrrole nitrogens is 1. The lowest BCUT2D eigenvalue weighted by Gasteiger charge is -2.05. The second-order valence-corrected chi connectivity index (χ2v) is 7.62. The molecule has 0 aliphatic carbocycles. The predicted octanol–water partition coefficient (Wildman–Crippen LogP) is 4.13. The molecule has 0 saturated carbocycles. The van der Waals surface area contributed by atoms with Crippen molar-refractivity contribution in [3.63, 3.8) is 0 Å². The molecule has 3 aromatic rings. The van der Waals surface area contributed by atoms with Crippen LogP contribution in [0.1, 0.15) is 36.6 Å². The number of anilines is 1. The predicted molar refractivity (Wildman–Crippen MR) is 112 cm³/mol. The Morgan fingerprint density at radius 3 is 2.90 bits per heavy atom. The van der Waals surface area contributed by atoms with Gasteiger partial charge in [0.25, 0.3) is 0 Å². The number of rotatable bonds is 8. The van der Waals surface area contributed by atoms with E-state index in [1.54, 1.807) is 11.4 Å². The number of carbonyl (C=O) groups is 1. The van der Waals surface area contributed by atoms with Crippen molar-refractivity contribution in [2.75, 3.05) is 18.5 Å². The fourth-order valence-corrected chi connectivity index (χ4v) is 3.23. The van der Waals surface area contributed by atoms with Crippen molar-refractivity contribution >= 4 is 39.0 Å². The van der Waals surface area contributed by atoms with E-state index in [1.807, 2.05) is 24.3 Å². The smallest absolute Gasteiger partial charge is 0.358 e. The van der Waals surface area contributed by atoms with Gasteiger partial charge >= 0.3 is 5.97 Å². The van der Waals surface area contributed by atoms with Gasteiger partial charge in [-0.15, -0.1) is 11.3 Å². The van der Waals surface area contributed by atoms with Crippen LogP contribution in [-0.4, -0.2) is 39.2 Å². The number of ether oxygens (including phenoxy) is 1. The zero-order chi connectivity index (χ0) is 20.8. The first-order valence-electron chi connectivity index (χ1n) is 9.11. The van der Waals surface area contributed by atoms with Gasteiger partial charge in [-0.1, -0.05) is 26.0 Å². The molecular formula is C20H21N5O3S. The number of aromatic nitrogens is 3. The van der Waals surface area contributed by atoms with Gasteiger partial charge in [0.15, 0.2) is 22.4 Å². The number of para-hydroxylation sites is 2. The Hall–Kier alpha value is -3.38. The molecule has 9 heteroatoms. The van der Waals surface area contributed by atoms with Crippen LogP contribution in [0.25, 0.3) is 16.6 Å². The van der Waals surface area contributed by atoms with Crippen molar-refractivity contribution in [3.05, 3.63) is 46.9 Å². The van der Waals surface area contributed by atoms with Crippen LogP contribution >= 0.6 is 11.3 Å². The largest absolute Gasteiger partial charge is 0.507 e. The average Bonchev–Trinajstić information content (AvgIpc) is 3.33. The molecular weight excluding hydrogens is 390 g/mol. The number of fused-ring (bicyclic) bond motifs is 1. The SMILES string of the molecule is CC(C)CCNc1nc(C(=O)OC/C(O)=C(\C#N)c2nc3ccccc3[nH]2)cs1. The highest BCUT2D eigenvalue weighted by atomic mass is 32.1. The molecule has 29 heavy (non-hydrogen) atoms. The number of carbonyl (C=O) groups excluding carboxylic acids is 1. The lowest BCUT2D eigenvalue weighted by atomic mass is 10.1. The molecule has 0 radical (unpaired) electrons. The number of aliphatic hydroxyl groups excluding tert-OH is 1. The molecule has 0 amide bonds. The summed E-state index contributed by atoms with van der Waals surface area (Å²) in [5, 5.41) is 25.0. The van der Waals surface area contributed by atoms with Crippen LogP contribution in [0.5, 0.6) is 0 Å². The molecule has 3 rings (SSSR count). The normalized spacial score (nSPS) is 11.9. The second kappa shape index (κ2) is 9.21. The molecule has 0 saturated heterocycles. The van der Waals surface area contributed by atoms with Crippen LogP contribution in [0, 0.1) is 17.2 Å². The molecule has 2 aromatic heterocycles. The molecule has 8 nitrogen and oxygen atoms in total. The van der Waals surface area contributed by atoms with Crippen molar-refractivity contribution in [2.45, 2.75) is 20.3 Å². The summed E-state index contributed by atoms with van der Waals surface area (Å²) in [6.07, 6.45) is 0.997. The van der Waals surface area contributed by atoms with Gasteiger partial charge in [0.2, 0.25) is 0 Å². The minimum Gasteiger partial charge on any atom is -0.507 e. The molecule has 3 N–H and O–H groups in total. The van der Waals surface area contributed by atoms with E-state index in [0.29, 0.717) is 16.6 Å². The standard InChI is InChI=1S/C20H21N5O3S/c1-12(2)7-8-22-20-25-16(11-29-20)19(27)28-10-17(26)13(9-21)18-23-14-5-3-4-6-15(14)24-18/h3-6,11-12,26H,7-8,10H2,1-2H3,(H,22,25)(H,23,24)/b17-13-. The number of esters is 1. The molecule has 0 atom stereocenters. The van der Waals surface area contributed by atoms with Crippen LogP contribution < -0.4 is 5.32 Å². The van der Waals surface area contributed by atoms with Gasteiger partial charge in [-0.3, -0.25) is 0 Å². The van der Waals surface area contributed by atoms with Gasteiger partial charge in [-0.25, -0.2) is 14.8 Å². The van der Waals surface area contributed by atoms with E-state index >= 15 is 0 Å². The maximum absolute atomic E-state index is 12.2. The Kier molecular flexibility index (Phi) is 6.46. The van der Waals surface area contributed by atoms with Crippen molar-refractivity contribution < 1.29 is 14.6 Å². The maximum Gasteiger partial charge on any atom is 0.358 e. The molecule has 0 aliphatic rings. The summed E-state index contributed by atoms with van der Waals surface area (Å²) in [6.45, 7) is 4.58. The summed E-state index contributed by atoms with van der Waals surface area (Å²) in [5.74, 6) is -0.271. The number of benzene rings is 1. The third kappa shape index (κ3) is 5.12. The van der Waals surface area contributed by atoms with Crippen LogP contribution in [0.2, 0.25) is 0 Å². The highest BCUT2D eigenvalue weighted by Gasteiger charge is 2.17. The minimum atomic E-state index is -0.674. The lowest BCUT2D eigenvalue weighted by molar-refractivity contribution is 0.0497. The summed E-state index contributed by atoms with van der Waals surface area (Å²) in [4.78, 5) is 23.6. The Bertz CT molecular complexity index is 1040. The highest BCUT2D eigenvalue weighted by molar-refractivity contribution is 7.13. The number of hydrogen-bond donors (Lipinski definition) is 3. The molecule has 150 valence electrons. The Morgan fingerprint density at radius 2 is 2.17 bits per heavy atom. The minimum absolute atomic E-state index is 0.0803. The number of aliphatic hydroxyl groups is 1. The Balaban J connectivity index is 1.64. The number of imidazole rings is 1. The average molecular weight is 411 g/mol. The van der Waals surface area contributed by atoms with E-state index in [-0.39, 0.29) is 22.9 Å². The fraction of sp³-hybridized carbons (Fsp3) is 0.300. The number of nitriles is 1. The molecule has 0 spiro atoms. The van der Waals surface area contributed by atoms with Crippen molar-refractivity contribution in [2.24, 2.45) is 5.92 Å². The van der Waals surface area contributed by atoms with Gasteiger partial charge < -0.3 is 20.1 Å². The molecule has 0 aliphatic heterocycles. The third-order valence-electron chi connectivity index (χ3n) is 4.08. The first-order valence-corrected chi connectivity index (χ1v) is 9.99. The van der Waals surface area contributed by atoms with Gasteiger partial charge in [-0.05, 0) is 24.5 Å². The zero-order valence-electron chi connectivity index (χ0n) is 16.1. The quantitative estimate of drug-likeness (QED) is 0.289. The molecule has 0 fully saturated rings.